The van der Waals surface area contributed by atoms with Crippen molar-refractivity contribution >= 4 is 0 Å². The van der Waals surface area contributed by atoms with Gasteiger partial charge < -0.3 is 14.2 Å². The molecule has 0 atom stereocenters. The van der Waals surface area contributed by atoms with E-state index in [0.29, 0.717) is 0 Å². The Hall–Kier alpha value is -2.16. The first kappa shape index (κ1) is 13.3. The van der Waals surface area contributed by atoms with Crippen molar-refractivity contribution in [1.29, 1.82) is 0 Å². The van der Waals surface area contributed by atoms with Gasteiger partial charge in [-0.15, -0.1) is 0 Å². The van der Waals surface area contributed by atoms with Gasteiger partial charge in [0.2, 0.25) is 0 Å². The predicted octanol–water partition coefficient (Wildman–Crippen LogP) is 4.11. The molecule has 0 saturated carbocycles. The third kappa shape index (κ3) is 3.41. The summed E-state index contributed by atoms with van der Waals surface area (Å²) in [6, 6.07) is 11.6. The van der Waals surface area contributed by atoms with Crippen LogP contribution in [-0.2, 0) is 0 Å². The summed E-state index contributed by atoms with van der Waals surface area (Å²) in [6.45, 7) is 4.01. The molecule has 0 spiro atoms. The molecule has 0 fully saturated rings. The molecule has 0 N–H and O–H groups in total. The molecule has 2 aromatic carbocycles. The Kier molecular flexibility index (Phi) is 3.95. The van der Waals surface area contributed by atoms with Crippen LogP contribution in [0.4, 0.5) is 0 Å². The van der Waals surface area contributed by atoms with Gasteiger partial charge in [-0.05, 0) is 49.2 Å². The highest BCUT2D eigenvalue weighted by Crippen LogP contribution is 2.30. The lowest BCUT2D eigenvalue weighted by Gasteiger charge is -2.11. The summed E-state index contributed by atoms with van der Waals surface area (Å²) < 4.78 is 16.3. The molecule has 0 amide bonds. The largest absolute Gasteiger partial charge is 0.497 e. The third-order valence-electron chi connectivity index (χ3n) is 2.76. The summed E-state index contributed by atoms with van der Waals surface area (Å²) in [6.07, 6.45) is 0. The second-order valence-corrected chi connectivity index (χ2v) is 4.47. The average Bonchev–Trinajstić information content (AvgIpc) is 2.37. The Bertz CT molecular complexity index is 525. The molecule has 0 saturated heterocycles. The van der Waals surface area contributed by atoms with E-state index in [2.05, 4.69) is 0 Å². The van der Waals surface area contributed by atoms with Gasteiger partial charge >= 0.3 is 0 Å². The van der Waals surface area contributed by atoms with Crippen molar-refractivity contribution in [2.45, 2.75) is 13.8 Å². The van der Waals surface area contributed by atoms with Crippen LogP contribution in [0.15, 0.2) is 36.4 Å². The monoisotopic (exact) mass is 258 g/mol. The van der Waals surface area contributed by atoms with E-state index < -0.39 is 0 Å². The fourth-order valence-corrected chi connectivity index (χ4v) is 1.92. The van der Waals surface area contributed by atoms with Crippen LogP contribution >= 0.6 is 0 Å². The Morgan fingerprint density at radius 2 is 0.947 bits per heavy atom. The molecule has 2 aromatic rings. The summed E-state index contributed by atoms with van der Waals surface area (Å²) in [5.41, 5.74) is 2.18. The number of rotatable bonds is 4. The highest BCUT2D eigenvalue weighted by molar-refractivity contribution is 5.43. The summed E-state index contributed by atoms with van der Waals surface area (Å²) in [7, 11) is 3.29. The first-order chi connectivity index (χ1) is 9.10. The SMILES string of the molecule is COc1cc(C)cc(Oc2cc(C)cc(OC)c2)c1. The summed E-state index contributed by atoms with van der Waals surface area (Å²) in [5.74, 6) is 3.08. The van der Waals surface area contributed by atoms with Crippen molar-refractivity contribution in [3.05, 3.63) is 47.5 Å². The molecule has 2 rings (SSSR count). The maximum Gasteiger partial charge on any atom is 0.131 e. The predicted molar refractivity (Wildman–Crippen MR) is 75.5 cm³/mol. The Balaban J connectivity index is 2.30. The number of methoxy groups -OCH3 is 2. The van der Waals surface area contributed by atoms with E-state index >= 15 is 0 Å². The Morgan fingerprint density at radius 3 is 1.32 bits per heavy atom. The molecule has 0 bridgehead atoms. The molecule has 0 unspecified atom stereocenters. The topological polar surface area (TPSA) is 27.7 Å². The van der Waals surface area contributed by atoms with E-state index in [0.717, 1.165) is 34.1 Å². The lowest BCUT2D eigenvalue weighted by Crippen LogP contribution is -1.90. The fraction of sp³-hybridized carbons (Fsp3) is 0.250. The lowest BCUT2D eigenvalue weighted by atomic mass is 10.2. The second-order valence-electron chi connectivity index (χ2n) is 4.47. The van der Waals surface area contributed by atoms with E-state index in [1.807, 2.05) is 50.2 Å². The van der Waals surface area contributed by atoms with Gasteiger partial charge in [0, 0.05) is 12.1 Å². The van der Waals surface area contributed by atoms with Crippen LogP contribution in [0, 0.1) is 13.8 Å². The Morgan fingerprint density at radius 1 is 0.579 bits per heavy atom. The molecular weight excluding hydrogens is 240 g/mol. The molecule has 0 radical (unpaired) electrons. The van der Waals surface area contributed by atoms with E-state index in [1.54, 1.807) is 14.2 Å². The molecule has 100 valence electrons. The molecule has 0 heterocycles. The Labute approximate surface area is 113 Å². The van der Waals surface area contributed by atoms with Crippen LogP contribution in [0.5, 0.6) is 23.0 Å². The van der Waals surface area contributed by atoms with Crippen LogP contribution in [0.1, 0.15) is 11.1 Å². The molecule has 3 heteroatoms. The molecule has 3 nitrogen and oxygen atoms in total. The number of benzene rings is 2. The molecule has 0 aliphatic carbocycles. The van der Waals surface area contributed by atoms with E-state index in [4.69, 9.17) is 14.2 Å². The van der Waals surface area contributed by atoms with Crippen LogP contribution < -0.4 is 14.2 Å². The molecule has 0 aromatic heterocycles. The third-order valence-corrected chi connectivity index (χ3v) is 2.76. The zero-order valence-electron chi connectivity index (χ0n) is 11.7. The first-order valence-electron chi connectivity index (χ1n) is 6.10. The normalized spacial score (nSPS) is 10.1. The highest BCUT2D eigenvalue weighted by atomic mass is 16.5. The van der Waals surface area contributed by atoms with Crippen LogP contribution in [-0.4, -0.2) is 14.2 Å². The minimum atomic E-state index is 0.754. The summed E-state index contributed by atoms with van der Waals surface area (Å²) in [4.78, 5) is 0. The minimum Gasteiger partial charge on any atom is -0.497 e. The van der Waals surface area contributed by atoms with Gasteiger partial charge in [-0.3, -0.25) is 0 Å². The van der Waals surface area contributed by atoms with Gasteiger partial charge in [0.05, 0.1) is 14.2 Å². The summed E-state index contributed by atoms with van der Waals surface area (Å²) >= 11 is 0. The van der Waals surface area contributed by atoms with Gasteiger partial charge in [0.25, 0.3) is 0 Å². The lowest BCUT2D eigenvalue weighted by molar-refractivity contribution is 0.403. The number of hydrogen-bond acceptors (Lipinski definition) is 3. The van der Waals surface area contributed by atoms with Crippen molar-refractivity contribution in [3.8, 4) is 23.0 Å². The standard InChI is InChI=1S/C16H18O3/c1-11-5-13(17-3)9-15(7-11)19-16-8-12(2)6-14(10-16)18-4/h5-10H,1-4H3. The maximum absolute atomic E-state index is 5.86. The van der Waals surface area contributed by atoms with Crippen molar-refractivity contribution in [3.63, 3.8) is 0 Å². The quantitative estimate of drug-likeness (QED) is 0.825. The molecular formula is C16H18O3. The zero-order chi connectivity index (χ0) is 13.8. The highest BCUT2D eigenvalue weighted by Gasteiger charge is 2.04. The zero-order valence-corrected chi connectivity index (χ0v) is 11.7. The van der Waals surface area contributed by atoms with E-state index in [1.165, 1.54) is 0 Å². The van der Waals surface area contributed by atoms with E-state index in [9.17, 15) is 0 Å². The van der Waals surface area contributed by atoms with Crippen molar-refractivity contribution in [2.75, 3.05) is 14.2 Å². The molecule has 19 heavy (non-hydrogen) atoms. The maximum atomic E-state index is 5.86. The van der Waals surface area contributed by atoms with Gasteiger partial charge in [-0.2, -0.15) is 0 Å². The van der Waals surface area contributed by atoms with Crippen LogP contribution in [0.3, 0.4) is 0 Å². The van der Waals surface area contributed by atoms with Crippen molar-refractivity contribution < 1.29 is 14.2 Å². The number of ether oxygens (including phenoxy) is 3. The van der Waals surface area contributed by atoms with Gasteiger partial charge in [-0.25, -0.2) is 0 Å². The van der Waals surface area contributed by atoms with Crippen LogP contribution in [0.25, 0.3) is 0 Å². The average molecular weight is 258 g/mol. The van der Waals surface area contributed by atoms with E-state index in [-0.39, 0.29) is 0 Å². The van der Waals surface area contributed by atoms with Gasteiger partial charge in [-0.1, -0.05) is 0 Å². The number of aryl methyl sites for hydroxylation is 2. The minimum absolute atomic E-state index is 0.754. The molecule has 0 aliphatic heterocycles. The smallest absolute Gasteiger partial charge is 0.131 e. The van der Waals surface area contributed by atoms with Crippen molar-refractivity contribution in [2.24, 2.45) is 0 Å². The number of hydrogen-bond donors (Lipinski definition) is 0. The second kappa shape index (κ2) is 5.65. The van der Waals surface area contributed by atoms with Crippen LogP contribution in [0.2, 0.25) is 0 Å². The van der Waals surface area contributed by atoms with Crippen molar-refractivity contribution in [1.82, 2.24) is 0 Å². The first-order valence-corrected chi connectivity index (χ1v) is 6.10. The molecule has 0 aliphatic rings. The van der Waals surface area contributed by atoms with Gasteiger partial charge in [0.15, 0.2) is 0 Å². The summed E-state index contributed by atoms with van der Waals surface area (Å²) in [5, 5.41) is 0. The fourth-order valence-electron chi connectivity index (χ4n) is 1.92. The van der Waals surface area contributed by atoms with Gasteiger partial charge in [0.1, 0.15) is 23.0 Å².